The summed E-state index contributed by atoms with van der Waals surface area (Å²) in [5.41, 5.74) is 8.33. The van der Waals surface area contributed by atoms with Gasteiger partial charge in [-0.2, -0.15) is 0 Å². The van der Waals surface area contributed by atoms with Crippen molar-refractivity contribution >= 4 is 5.91 Å². The van der Waals surface area contributed by atoms with E-state index in [1.165, 1.54) is 5.56 Å². The second-order valence-electron chi connectivity index (χ2n) is 6.35. The van der Waals surface area contributed by atoms with Gasteiger partial charge in [-0.05, 0) is 36.1 Å². The smallest absolute Gasteiger partial charge is 0.248 e. The first-order chi connectivity index (χ1) is 11.7. The molecular formula is C20H24N2O2. The van der Waals surface area contributed by atoms with Crippen LogP contribution in [0.1, 0.15) is 34.3 Å². The van der Waals surface area contributed by atoms with E-state index in [0.29, 0.717) is 11.7 Å². The molecule has 2 aromatic carbocycles. The van der Waals surface area contributed by atoms with E-state index < -0.39 is 0 Å². The van der Waals surface area contributed by atoms with Crippen molar-refractivity contribution in [1.82, 2.24) is 4.90 Å². The molecule has 1 unspecified atom stereocenters. The second-order valence-corrected chi connectivity index (χ2v) is 6.35. The molecule has 24 heavy (non-hydrogen) atoms. The fourth-order valence-corrected chi connectivity index (χ4v) is 3.18. The Kier molecular flexibility index (Phi) is 5.62. The standard InChI is InChI=1S/C20H24N2O2/c21-20(23)18-9-4-8-17(12-18)14-22(15-19-10-5-11-24-19)13-16-6-2-1-3-7-16/h1-4,6-9,12,19H,5,10-11,13-15H2,(H2,21,23). The SMILES string of the molecule is NC(=O)c1cccc(CN(Cc2ccccc2)CC2CCCO2)c1. The zero-order valence-corrected chi connectivity index (χ0v) is 13.9. The molecule has 1 fully saturated rings. The molecule has 2 aromatic rings. The summed E-state index contributed by atoms with van der Waals surface area (Å²) in [4.78, 5) is 13.8. The van der Waals surface area contributed by atoms with E-state index in [0.717, 1.165) is 44.6 Å². The van der Waals surface area contributed by atoms with E-state index in [9.17, 15) is 4.79 Å². The van der Waals surface area contributed by atoms with Gasteiger partial charge in [-0.25, -0.2) is 0 Å². The highest BCUT2D eigenvalue weighted by atomic mass is 16.5. The fraction of sp³-hybridized carbons (Fsp3) is 0.350. The van der Waals surface area contributed by atoms with Gasteiger partial charge in [-0.3, -0.25) is 9.69 Å². The molecule has 4 heteroatoms. The number of hydrogen-bond donors (Lipinski definition) is 1. The molecule has 126 valence electrons. The Bertz CT molecular complexity index is 666. The third kappa shape index (κ3) is 4.66. The Labute approximate surface area is 143 Å². The predicted octanol–water partition coefficient (Wildman–Crippen LogP) is 2.97. The molecule has 4 nitrogen and oxygen atoms in total. The molecule has 1 aliphatic rings. The van der Waals surface area contributed by atoms with Gasteiger partial charge in [0, 0.05) is 31.8 Å². The molecule has 0 saturated carbocycles. The Morgan fingerprint density at radius 1 is 1.08 bits per heavy atom. The van der Waals surface area contributed by atoms with E-state index in [2.05, 4.69) is 29.2 Å². The number of carbonyl (C=O) groups is 1. The molecule has 2 N–H and O–H groups in total. The lowest BCUT2D eigenvalue weighted by molar-refractivity contribution is 0.0679. The summed E-state index contributed by atoms with van der Waals surface area (Å²) >= 11 is 0. The lowest BCUT2D eigenvalue weighted by Crippen LogP contribution is -2.31. The number of carbonyl (C=O) groups excluding carboxylic acids is 1. The van der Waals surface area contributed by atoms with Gasteiger partial charge >= 0.3 is 0 Å². The summed E-state index contributed by atoms with van der Waals surface area (Å²) in [6.45, 7) is 3.40. The largest absolute Gasteiger partial charge is 0.377 e. The summed E-state index contributed by atoms with van der Waals surface area (Å²) in [6.07, 6.45) is 2.56. The average molecular weight is 324 g/mol. The van der Waals surface area contributed by atoms with Gasteiger partial charge in [0.2, 0.25) is 5.91 Å². The van der Waals surface area contributed by atoms with Crippen LogP contribution in [0.2, 0.25) is 0 Å². The summed E-state index contributed by atoms with van der Waals surface area (Å²) in [7, 11) is 0. The van der Waals surface area contributed by atoms with Crippen molar-refractivity contribution in [2.24, 2.45) is 5.73 Å². The van der Waals surface area contributed by atoms with Gasteiger partial charge in [0.1, 0.15) is 0 Å². The molecule has 1 atom stereocenters. The van der Waals surface area contributed by atoms with E-state index in [4.69, 9.17) is 10.5 Å². The van der Waals surface area contributed by atoms with Crippen molar-refractivity contribution in [1.29, 1.82) is 0 Å². The zero-order chi connectivity index (χ0) is 16.8. The Hall–Kier alpha value is -2.17. The molecule has 0 bridgehead atoms. The maximum absolute atomic E-state index is 11.4. The lowest BCUT2D eigenvalue weighted by Gasteiger charge is -2.25. The maximum atomic E-state index is 11.4. The van der Waals surface area contributed by atoms with Crippen LogP contribution in [0.3, 0.4) is 0 Å². The van der Waals surface area contributed by atoms with Gasteiger partial charge in [0.05, 0.1) is 6.10 Å². The maximum Gasteiger partial charge on any atom is 0.248 e. The van der Waals surface area contributed by atoms with Gasteiger partial charge < -0.3 is 10.5 Å². The highest BCUT2D eigenvalue weighted by Gasteiger charge is 2.19. The van der Waals surface area contributed by atoms with E-state index in [1.807, 2.05) is 24.3 Å². The molecule has 1 saturated heterocycles. The van der Waals surface area contributed by atoms with Crippen LogP contribution in [0, 0.1) is 0 Å². The highest BCUT2D eigenvalue weighted by Crippen LogP contribution is 2.17. The molecule has 1 heterocycles. The third-order valence-corrected chi connectivity index (χ3v) is 4.35. The van der Waals surface area contributed by atoms with Crippen molar-refractivity contribution in [3.63, 3.8) is 0 Å². The number of nitrogens with zero attached hydrogens (tertiary/aromatic N) is 1. The van der Waals surface area contributed by atoms with Crippen LogP contribution < -0.4 is 5.73 Å². The van der Waals surface area contributed by atoms with Crippen LogP contribution in [0.5, 0.6) is 0 Å². The number of ether oxygens (including phenoxy) is 1. The molecule has 3 rings (SSSR count). The van der Waals surface area contributed by atoms with Crippen molar-refractivity contribution < 1.29 is 9.53 Å². The molecule has 0 aromatic heterocycles. The Balaban J connectivity index is 1.73. The van der Waals surface area contributed by atoms with Crippen LogP contribution in [0.4, 0.5) is 0 Å². The minimum Gasteiger partial charge on any atom is -0.377 e. The molecule has 1 aliphatic heterocycles. The first-order valence-corrected chi connectivity index (χ1v) is 8.47. The van der Waals surface area contributed by atoms with Crippen LogP contribution in [0.15, 0.2) is 54.6 Å². The average Bonchev–Trinajstić information content (AvgIpc) is 3.09. The number of benzene rings is 2. The fourth-order valence-electron chi connectivity index (χ4n) is 3.18. The van der Waals surface area contributed by atoms with Crippen LogP contribution in [0.25, 0.3) is 0 Å². The van der Waals surface area contributed by atoms with E-state index in [-0.39, 0.29) is 5.91 Å². The number of nitrogens with two attached hydrogens (primary N) is 1. The van der Waals surface area contributed by atoms with Crippen molar-refractivity contribution in [2.45, 2.75) is 32.0 Å². The first-order valence-electron chi connectivity index (χ1n) is 8.47. The van der Waals surface area contributed by atoms with Gasteiger partial charge in [0.25, 0.3) is 0 Å². The highest BCUT2D eigenvalue weighted by molar-refractivity contribution is 5.92. The Morgan fingerprint density at radius 3 is 2.54 bits per heavy atom. The van der Waals surface area contributed by atoms with Crippen LogP contribution >= 0.6 is 0 Å². The van der Waals surface area contributed by atoms with Crippen molar-refractivity contribution in [3.8, 4) is 0 Å². The molecule has 0 spiro atoms. The molecule has 1 amide bonds. The number of rotatable bonds is 7. The van der Waals surface area contributed by atoms with Gasteiger partial charge in [-0.1, -0.05) is 42.5 Å². The molecular weight excluding hydrogens is 300 g/mol. The quantitative estimate of drug-likeness (QED) is 0.852. The summed E-state index contributed by atoms with van der Waals surface area (Å²) < 4.78 is 5.81. The van der Waals surface area contributed by atoms with Crippen LogP contribution in [-0.2, 0) is 17.8 Å². The number of amides is 1. The summed E-state index contributed by atoms with van der Waals surface area (Å²) in [6, 6.07) is 18.0. The van der Waals surface area contributed by atoms with Crippen molar-refractivity contribution in [2.75, 3.05) is 13.2 Å². The number of primary amides is 1. The van der Waals surface area contributed by atoms with Crippen LogP contribution in [-0.4, -0.2) is 30.1 Å². The topological polar surface area (TPSA) is 55.6 Å². The van der Waals surface area contributed by atoms with E-state index >= 15 is 0 Å². The summed E-state index contributed by atoms with van der Waals surface area (Å²) in [5.74, 6) is -0.384. The molecule has 0 radical (unpaired) electrons. The first kappa shape index (κ1) is 16.7. The summed E-state index contributed by atoms with van der Waals surface area (Å²) in [5, 5.41) is 0. The monoisotopic (exact) mass is 324 g/mol. The third-order valence-electron chi connectivity index (χ3n) is 4.35. The van der Waals surface area contributed by atoms with E-state index in [1.54, 1.807) is 6.07 Å². The zero-order valence-electron chi connectivity index (χ0n) is 13.9. The Morgan fingerprint density at radius 2 is 1.83 bits per heavy atom. The van der Waals surface area contributed by atoms with Crippen molar-refractivity contribution in [3.05, 3.63) is 71.3 Å². The minimum atomic E-state index is -0.384. The second kappa shape index (κ2) is 8.08. The van der Waals surface area contributed by atoms with Gasteiger partial charge in [-0.15, -0.1) is 0 Å². The predicted molar refractivity (Wildman–Crippen MR) is 94.5 cm³/mol. The molecule has 0 aliphatic carbocycles. The normalized spacial score (nSPS) is 17.3. The minimum absolute atomic E-state index is 0.299. The lowest BCUT2D eigenvalue weighted by atomic mass is 10.1. The number of hydrogen-bond acceptors (Lipinski definition) is 3. The van der Waals surface area contributed by atoms with Gasteiger partial charge in [0.15, 0.2) is 0 Å².